The molecule has 0 aliphatic carbocycles. The van der Waals surface area contributed by atoms with Crippen molar-refractivity contribution in [3.8, 4) is 0 Å². The van der Waals surface area contributed by atoms with Gasteiger partial charge in [0.15, 0.2) is 4.90 Å². The first-order valence-corrected chi connectivity index (χ1v) is 7.09. The minimum absolute atomic E-state index is 0.110. The van der Waals surface area contributed by atoms with Crippen LogP contribution in [0.15, 0.2) is 47.4 Å². The third-order valence-electron chi connectivity index (χ3n) is 2.55. The van der Waals surface area contributed by atoms with Crippen LogP contribution in [0.1, 0.15) is 5.56 Å². The highest BCUT2D eigenvalue weighted by Crippen LogP contribution is 2.22. The molecule has 0 saturated heterocycles. The monoisotopic (exact) mass is 299 g/mol. The van der Waals surface area contributed by atoms with Crippen molar-refractivity contribution in [3.63, 3.8) is 0 Å². The van der Waals surface area contributed by atoms with E-state index in [2.05, 4.69) is 4.72 Å². The van der Waals surface area contributed by atoms with Crippen LogP contribution in [-0.2, 0) is 16.6 Å². The molecule has 7 heteroatoms. The van der Waals surface area contributed by atoms with Gasteiger partial charge in [-0.1, -0.05) is 18.2 Å². The number of benzene rings is 2. The average Bonchev–Trinajstić information content (AvgIpc) is 2.37. The van der Waals surface area contributed by atoms with Gasteiger partial charge in [0.1, 0.15) is 11.6 Å². The predicted octanol–water partition coefficient (Wildman–Crippen LogP) is 2.26. The minimum atomic E-state index is -4.38. The van der Waals surface area contributed by atoms with Crippen LogP contribution in [0.4, 0.5) is 14.5 Å². The Labute approximate surface area is 114 Å². The minimum Gasteiger partial charge on any atom is -0.392 e. The molecule has 2 N–H and O–H groups in total. The summed E-state index contributed by atoms with van der Waals surface area (Å²) in [7, 11) is -4.38. The van der Waals surface area contributed by atoms with Gasteiger partial charge in [0.05, 0.1) is 6.61 Å². The molecule has 0 aliphatic rings. The van der Waals surface area contributed by atoms with E-state index in [1.807, 2.05) is 0 Å². The first-order valence-electron chi connectivity index (χ1n) is 5.60. The molecule has 106 valence electrons. The molecule has 2 aromatic rings. The Kier molecular flexibility index (Phi) is 4.01. The molecule has 0 aromatic heterocycles. The van der Waals surface area contributed by atoms with Crippen molar-refractivity contribution in [3.05, 3.63) is 59.7 Å². The van der Waals surface area contributed by atoms with E-state index in [-0.39, 0.29) is 12.3 Å². The summed E-state index contributed by atoms with van der Waals surface area (Å²) in [5.74, 6) is -2.34. The van der Waals surface area contributed by atoms with E-state index in [9.17, 15) is 17.2 Å². The Hall–Kier alpha value is -1.99. The fourth-order valence-electron chi connectivity index (χ4n) is 1.68. The van der Waals surface area contributed by atoms with Gasteiger partial charge in [-0.2, -0.15) is 0 Å². The van der Waals surface area contributed by atoms with E-state index in [0.717, 1.165) is 18.2 Å². The number of halogens is 2. The molecule has 2 aromatic carbocycles. The van der Waals surface area contributed by atoms with Crippen molar-refractivity contribution in [2.24, 2.45) is 0 Å². The van der Waals surface area contributed by atoms with Crippen LogP contribution in [0.5, 0.6) is 0 Å². The Bertz CT molecular complexity index is 712. The van der Waals surface area contributed by atoms with E-state index < -0.39 is 26.6 Å². The summed E-state index contributed by atoms with van der Waals surface area (Å²) in [6, 6.07) is 8.69. The third kappa shape index (κ3) is 2.94. The molecule has 2 rings (SSSR count). The van der Waals surface area contributed by atoms with Crippen molar-refractivity contribution >= 4 is 15.7 Å². The molecule has 0 spiro atoms. The lowest BCUT2D eigenvalue weighted by molar-refractivity contribution is 0.282. The largest absolute Gasteiger partial charge is 0.392 e. The molecule has 0 aliphatic heterocycles. The maximum absolute atomic E-state index is 13.5. The number of hydrogen-bond donors (Lipinski definition) is 2. The van der Waals surface area contributed by atoms with Gasteiger partial charge < -0.3 is 5.11 Å². The molecule has 20 heavy (non-hydrogen) atoms. The van der Waals surface area contributed by atoms with Crippen LogP contribution in [0.3, 0.4) is 0 Å². The van der Waals surface area contributed by atoms with Crippen LogP contribution in [0, 0.1) is 11.6 Å². The topological polar surface area (TPSA) is 66.4 Å². The quantitative estimate of drug-likeness (QED) is 0.910. The summed E-state index contributed by atoms with van der Waals surface area (Å²) in [5.41, 5.74) is 0.582. The Balaban J connectivity index is 2.41. The zero-order valence-electron chi connectivity index (χ0n) is 10.2. The Morgan fingerprint density at radius 2 is 1.65 bits per heavy atom. The van der Waals surface area contributed by atoms with Crippen molar-refractivity contribution in [1.82, 2.24) is 0 Å². The maximum Gasteiger partial charge on any atom is 0.267 e. The lowest BCUT2D eigenvalue weighted by Crippen LogP contribution is -2.16. The molecule has 4 nitrogen and oxygen atoms in total. The lowest BCUT2D eigenvalue weighted by Gasteiger charge is -2.10. The molecule has 0 fully saturated rings. The summed E-state index contributed by atoms with van der Waals surface area (Å²) in [5, 5.41) is 8.97. The zero-order valence-corrected chi connectivity index (χ0v) is 11.0. The van der Waals surface area contributed by atoms with Crippen molar-refractivity contribution in [2.45, 2.75) is 11.5 Å². The zero-order chi connectivity index (χ0) is 14.8. The molecule has 0 atom stereocenters. The van der Waals surface area contributed by atoms with Crippen LogP contribution >= 0.6 is 0 Å². The highest BCUT2D eigenvalue weighted by Gasteiger charge is 2.23. The summed E-state index contributed by atoms with van der Waals surface area (Å²) < 4.78 is 53.0. The van der Waals surface area contributed by atoms with Gasteiger partial charge >= 0.3 is 0 Å². The molecule has 0 unspecified atom stereocenters. The van der Waals surface area contributed by atoms with E-state index in [1.165, 1.54) is 18.2 Å². The van der Waals surface area contributed by atoms with Gasteiger partial charge in [0.2, 0.25) is 0 Å². The second-order valence-corrected chi connectivity index (χ2v) is 5.63. The summed E-state index contributed by atoms with van der Waals surface area (Å²) in [6.45, 7) is -0.274. The normalized spacial score (nSPS) is 11.3. The number of aliphatic hydroxyl groups is 1. The predicted molar refractivity (Wildman–Crippen MR) is 69.5 cm³/mol. The fourth-order valence-corrected chi connectivity index (χ4v) is 2.87. The molecule has 0 amide bonds. The van der Waals surface area contributed by atoms with Crippen LogP contribution < -0.4 is 4.72 Å². The Morgan fingerprint density at radius 1 is 1.05 bits per heavy atom. The number of rotatable bonds is 4. The Morgan fingerprint density at radius 3 is 2.25 bits per heavy atom. The number of hydrogen-bond acceptors (Lipinski definition) is 3. The van der Waals surface area contributed by atoms with Gasteiger partial charge in [0.25, 0.3) is 10.0 Å². The summed E-state index contributed by atoms with van der Waals surface area (Å²) >= 11 is 0. The molecule has 0 radical (unpaired) electrons. The van der Waals surface area contributed by atoms with E-state index >= 15 is 0 Å². The van der Waals surface area contributed by atoms with Crippen molar-refractivity contribution < 1.29 is 22.3 Å². The average molecular weight is 299 g/mol. The maximum atomic E-state index is 13.5. The standard InChI is InChI=1S/C13H11F2NO3S/c14-11-5-2-6-12(15)13(11)20(18,19)16-10-4-1-3-9(7-10)8-17/h1-7,16-17H,8H2. The molecule has 0 saturated carbocycles. The number of sulfonamides is 1. The second-order valence-electron chi connectivity index (χ2n) is 4.01. The third-order valence-corrected chi connectivity index (χ3v) is 3.98. The first kappa shape index (κ1) is 14.4. The fraction of sp³-hybridized carbons (Fsp3) is 0.0769. The van der Waals surface area contributed by atoms with E-state index in [4.69, 9.17) is 5.11 Å². The van der Waals surface area contributed by atoms with Gasteiger partial charge in [-0.15, -0.1) is 0 Å². The number of aliphatic hydroxyl groups excluding tert-OH is 1. The molecule has 0 bridgehead atoms. The highest BCUT2D eigenvalue weighted by atomic mass is 32.2. The van der Waals surface area contributed by atoms with E-state index in [1.54, 1.807) is 6.07 Å². The summed E-state index contributed by atoms with van der Waals surface area (Å²) in [6.07, 6.45) is 0. The van der Waals surface area contributed by atoms with Gasteiger partial charge in [-0.05, 0) is 29.8 Å². The smallest absolute Gasteiger partial charge is 0.267 e. The number of anilines is 1. The molecular formula is C13H11F2NO3S. The number of nitrogens with one attached hydrogen (secondary N) is 1. The van der Waals surface area contributed by atoms with E-state index in [0.29, 0.717) is 5.56 Å². The van der Waals surface area contributed by atoms with Crippen LogP contribution in [-0.4, -0.2) is 13.5 Å². The molecular weight excluding hydrogens is 288 g/mol. The second kappa shape index (κ2) is 5.56. The SMILES string of the molecule is O=S(=O)(Nc1cccc(CO)c1)c1c(F)cccc1F. The van der Waals surface area contributed by atoms with Crippen molar-refractivity contribution in [1.29, 1.82) is 0 Å². The van der Waals surface area contributed by atoms with Crippen molar-refractivity contribution in [2.75, 3.05) is 4.72 Å². The van der Waals surface area contributed by atoms with Gasteiger partial charge in [0, 0.05) is 5.69 Å². The highest BCUT2D eigenvalue weighted by molar-refractivity contribution is 7.92. The molecule has 0 heterocycles. The summed E-state index contributed by atoms with van der Waals surface area (Å²) in [4.78, 5) is -1.03. The lowest BCUT2D eigenvalue weighted by atomic mass is 10.2. The first-order chi connectivity index (χ1) is 9.44. The van der Waals surface area contributed by atoms with Crippen LogP contribution in [0.2, 0.25) is 0 Å². The van der Waals surface area contributed by atoms with Crippen LogP contribution in [0.25, 0.3) is 0 Å². The van der Waals surface area contributed by atoms with Gasteiger partial charge in [-0.25, -0.2) is 17.2 Å². The van der Waals surface area contributed by atoms with Gasteiger partial charge in [-0.3, -0.25) is 4.72 Å².